The summed E-state index contributed by atoms with van der Waals surface area (Å²) in [4.78, 5) is 0. The summed E-state index contributed by atoms with van der Waals surface area (Å²) in [5.74, 6) is -0.108. The minimum atomic E-state index is -6.62. The van der Waals surface area contributed by atoms with E-state index in [2.05, 4.69) is 0 Å². The summed E-state index contributed by atoms with van der Waals surface area (Å²) in [6.07, 6.45) is -30.5. The molecule has 39 heavy (non-hydrogen) atoms. The molecule has 0 fully saturated rings. The maximum Gasteiger partial charge on any atom is 0.430 e. The maximum atomic E-state index is 13.3. The first-order chi connectivity index (χ1) is 17.3. The average molecular weight is 584 g/mol. The molecule has 0 aliphatic rings. The molecular formula is C24H20F12O3. The van der Waals surface area contributed by atoms with Gasteiger partial charge in [0.25, 0.3) is 11.2 Å². The Hall–Kier alpha value is -2.94. The zero-order valence-electron chi connectivity index (χ0n) is 19.8. The molecule has 0 bridgehead atoms. The molecule has 0 saturated carbocycles. The van der Waals surface area contributed by atoms with Crippen molar-refractivity contribution in [3.63, 3.8) is 0 Å². The van der Waals surface area contributed by atoms with Crippen molar-refractivity contribution in [2.45, 2.75) is 61.6 Å². The largest absolute Gasteiger partial charge is 0.508 e. The number of halogens is 12. The lowest BCUT2D eigenvalue weighted by atomic mass is 9.77. The van der Waals surface area contributed by atoms with E-state index < -0.39 is 65.0 Å². The number of phenols is 1. The normalized spacial score (nSPS) is 15.0. The molecule has 0 aromatic heterocycles. The van der Waals surface area contributed by atoms with Crippen LogP contribution < -0.4 is 0 Å². The Morgan fingerprint density at radius 1 is 0.615 bits per heavy atom. The third-order valence-electron chi connectivity index (χ3n) is 6.20. The molecule has 0 heterocycles. The quantitative estimate of drug-likeness (QED) is 0.315. The first-order valence-electron chi connectivity index (χ1n) is 10.6. The van der Waals surface area contributed by atoms with E-state index >= 15 is 0 Å². The minimum absolute atomic E-state index is 0.108. The van der Waals surface area contributed by atoms with Crippen molar-refractivity contribution in [3.8, 4) is 5.75 Å². The summed E-state index contributed by atoms with van der Waals surface area (Å²) in [6, 6.07) is 8.90. The summed E-state index contributed by atoms with van der Waals surface area (Å²) < 4.78 is 159. The highest BCUT2D eigenvalue weighted by Crippen LogP contribution is 2.51. The summed E-state index contributed by atoms with van der Waals surface area (Å²) in [5.41, 5.74) is -14.8. The monoisotopic (exact) mass is 584 g/mol. The fourth-order valence-corrected chi connectivity index (χ4v) is 3.60. The molecule has 0 saturated heterocycles. The molecule has 218 valence electrons. The van der Waals surface area contributed by atoms with E-state index in [0.29, 0.717) is 17.7 Å². The Morgan fingerprint density at radius 2 is 0.974 bits per heavy atom. The standard InChI is InChI=1S/C24H20F12O3/c1-18(2,16-7-9-17(37)10-8-16)15-5-3-13(4-6-15)14(11-19(38,21(25,26)27)22(28,29)30)12-20(39,23(31,32)33)24(34,35)36/h3-11,37-39H,12H2,1-2H3/b14-11+. The van der Waals surface area contributed by atoms with E-state index in [1.807, 2.05) is 0 Å². The Labute approximate surface area is 213 Å². The molecular weight excluding hydrogens is 564 g/mol. The van der Waals surface area contributed by atoms with Gasteiger partial charge in [-0.2, -0.15) is 52.7 Å². The van der Waals surface area contributed by atoms with Crippen LogP contribution in [0.2, 0.25) is 0 Å². The molecule has 3 nitrogen and oxygen atoms in total. The van der Waals surface area contributed by atoms with E-state index in [1.54, 1.807) is 13.8 Å². The van der Waals surface area contributed by atoms with Gasteiger partial charge in [0, 0.05) is 11.8 Å². The Balaban J connectivity index is 2.78. The molecule has 0 amide bonds. The summed E-state index contributed by atoms with van der Waals surface area (Å²) in [5, 5.41) is 28.4. The number of benzene rings is 2. The first kappa shape index (κ1) is 32.3. The second-order valence-corrected chi connectivity index (χ2v) is 9.21. The lowest BCUT2D eigenvalue weighted by molar-refractivity contribution is -0.366. The number of rotatable bonds is 6. The number of aromatic hydroxyl groups is 1. The van der Waals surface area contributed by atoms with Crippen molar-refractivity contribution < 1.29 is 68.0 Å². The van der Waals surface area contributed by atoms with E-state index in [1.165, 1.54) is 24.3 Å². The summed E-state index contributed by atoms with van der Waals surface area (Å²) in [7, 11) is 0. The number of hydrogen-bond donors (Lipinski definition) is 3. The van der Waals surface area contributed by atoms with Gasteiger partial charge in [-0.1, -0.05) is 50.2 Å². The fraction of sp³-hybridized carbons (Fsp3) is 0.417. The van der Waals surface area contributed by atoms with Crippen LogP contribution in [0.4, 0.5) is 52.7 Å². The van der Waals surface area contributed by atoms with Crippen LogP contribution in [-0.4, -0.2) is 51.2 Å². The van der Waals surface area contributed by atoms with Crippen molar-refractivity contribution in [1.82, 2.24) is 0 Å². The third kappa shape index (κ3) is 6.13. The van der Waals surface area contributed by atoms with Crippen LogP contribution in [0.15, 0.2) is 54.6 Å². The van der Waals surface area contributed by atoms with Gasteiger partial charge in [0.2, 0.25) is 0 Å². The van der Waals surface area contributed by atoms with Gasteiger partial charge in [-0.15, -0.1) is 0 Å². The van der Waals surface area contributed by atoms with E-state index in [0.717, 1.165) is 12.1 Å². The van der Waals surface area contributed by atoms with Gasteiger partial charge in [-0.05, 0) is 40.5 Å². The molecule has 0 aliphatic heterocycles. The van der Waals surface area contributed by atoms with Crippen molar-refractivity contribution in [3.05, 3.63) is 71.3 Å². The molecule has 0 atom stereocenters. The van der Waals surface area contributed by atoms with Gasteiger partial charge in [-0.3, -0.25) is 0 Å². The predicted octanol–water partition coefficient (Wildman–Crippen LogP) is 7.20. The van der Waals surface area contributed by atoms with Crippen LogP contribution in [0, 0.1) is 0 Å². The highest BCUT2D eigenvalue weighted by atomic mass is 19.4. The second kappa shape index (κ2) is 9.91. The van der Waals surface area contributed by atoms with Crippen LogP contribution in [0.25, 0.3) is 5.57 Å². The van der Waals surface area contributed by atoms with Crippen molar-refractivity contribution in [1.29, 1.82) is 0 Å². The molecule has 0 radical (unpaired) electrons. The Morgan fingerprint density at radius 3 is 1.31 bits per heavy atom. The highest BCUT2D eigenvalue weighted by Gasteiger charge is 2.72. The molecule has 2 rings (SSSR count). The van der Waals surface area contributed by atoms with Crippen LogP contribution in [-0.2, 0) is 5.41 Å². The SMILES string of the molecule is CC(C)(c1ccc(O)cc1)c1ccc(/C(=C/C(O)(C(F)(F)F)C(F)(F)F)CC(O)(C(F)(F)F)C(F)(F)F)cc1. The van der Waals surface area contributed by atoms with Gasteiger partial charge in [0.15, 0.2) is 0 Å². The summed E-state index contributed by atoms with van der Waals surface area (Å²) >= 11 is 0. The van der Waals surface area contributed by atoms with Crippen molar-refractivity contribution in [2.75, 3.05) is 0 Å². The Kier molecular flexibility index (Phi) is 8.20. The van der Waals surface area contributed by atoms with Crippen molar-refractivity contribution >= 4 is 5.57 Å². The lowest BCUT2D eigenvalue weighted by Crippen LogP contribution is -2.58. The minimum Gasteiger partial charge on any atom is -0.508 e. The smallest absolute Gasteiger partial charge is 0.430 e. The van der Waals surface area contributed by atoms with E-state index in [9.17, 15) is 68.0 Å². The molecule has 15 heteroatoms. The average Bonchev–Trinajstić information content (AvgIpc) is 2.75. The number of hydrogen-bond acceptors (Lipinski definition) is 3. The predicted molar refractivity (Wildman–Crippen MR) is 113 cm³/mol. The molecule has 3 N–H and O–H groups in total. The van der Waals surface area contributed by atoms with E-state index in [-0.39, 0.29) is 11.3 Å². The number of alkyl halides is 12. The van der Waals surface area contributed by atoms with Gasteiger partial charge >= 0.3 is 24.7 Å². The molecule has 0 aliphatic carbocycles. The van der Waals surface area contributed by atoms with Crippen LogP contribution in [0.1, 0.15) is 37.0 Å². The first-order valence-corrected chi connectivity index (χ1v) is 10.6. The third-order valence-corrected chi connectivity index (χ3v) is 6.20. The van der Waals surface area contributed by atoms with Crippen LogP contribution in [0.3, 0.4) is 0 Å². The number of phenolic OH excluding ortho intramolecular Hbond substituents is 1. The zero-order chi connectivity index (χ0) is 30.5. The van der Waals surface area contributed by atoms with Crippen molar-refractivity contribution in [2.24, 2.45) is 0 Å². The zero-order valence-corrected chi connectivity index (χ0v) is 19.8. The van der Waals surface area contributed by atoms with Gasteiger partial charge in [0.05, 0.1) is 0 Å². The second-order valence-electron chi connectivity index (χ2n) is 9.21. The fourth-order valence-electron chi connectivity index (χ4n) is 3.60. The molecule has 0 spiro atoms. The Bertz CT molecular complexity index is 1140. The molecule has 2 aromatic carbocycles. The number of aliphatic hydroxyl groups is 2. The van der Waals surface area contributed by atoms with Gasteiger partial charge in [-0.25, -0.2) is 0 Å². The van der Waals surface area contributed by atoms with Crippen LogP contribution >= 0.6 is 0 Å². The lowest BCUT2D eigenvalue weighted by Gasteiger charge is -2.35. The van der Waals surface area contributed by atoms with Gasteiger partial charge in [0.1, 0.15) is 5.75 Å². The molecule has 2 aromatic rings. The van der Waals surface area contributed by atoms with E-state index in [4.69, 9.17) is 0 Å². The summed E-state index contributed by atoms with van der Waals surface area (Å²) in [6.45, 7) is 3.17. The topological polar surface area (TPSA) is 60.7 Å². The van der Waals surface area contributed by atoms with Crippen LogP contribution in [0.5, 0.6) is 5.75 Å². The highest BCUT2D eigenvalue weighted by molar-refractivity contribution is 5.69. The molecule has 0 unspecified atom stereocenters. The van der Waals surface area contributed by atoms with Gasteiger partial charge < -0.3 is 15.3 Å². The maximum absolute atomic E-state index is 13.3.